The van der Waals surface area contributed by atoms with E-state index < -0.39 is 0 Å². The first-order valence-corrected chi connectivity index (χ1v) is 13.2. The van der Waals surface area contributed by atoms with Crippen molar-refractivity contribution in [3.8, 4) is 0 Å². The molecule has 2 aliphatic heterocycles. The van der Waals surface area contributed by atoms with Crippen LogP contribution in [0.5, 0.6) is 0 Å². The lowest BCUT2D eigenvalue weighted by molar-refractivity contribution is -0.114. The first-order valence-electron chi connectivity index (χ1n) is 11.6. The smallest absolute Gasteiger partial charge is 0.198 e. The van der Waals surface area contributed by atoms with Crippen LogP contribution < -0.4 is 0 Å². The van der Waals surface area contributed by atoms with Gasteiger partial charge in [-0.25, -0.2) is 0 Å². The Labute approximate surface area is 194 Å². The van der Waals surface area contributed by atoms with Gasteiger partial charge in [-0.1, -0.05) is 72.1 Å². The molecule has 4 unspecified atom stereocenters. The average molecular weight is 453 g/mol. The van der Waals surface area contributed by atoms with Crippen LogP contribution in [0.15, 0.2) is 79.3 Å². The Kier molecular flexibility index (Phi) is 3.51. The van der Waals surface area contributed by atoms with E-state index in [-0.39, 0.29) is 23.4 Å². The third-order valence-corrected chi connectivity index (χ3v) is 11.0. The summed E-state index contributed by atoms with van der Waals surface area (Å²) in [4.78, 5) is 31.1. The summed E-state index contributed by atoms with van der Waals surface area (Å²) in [5, 5.41) is 2.52. The molecule has 0 aromatic heterocycles. The van der Waals surface area contributed by atoms with Gasteiger partial charge in [0.1, 0.15) is 0 Å². The largest absolute Gasteiger partial charge is 0.288 e. The Hall–Kier alpha value is -2.30. The molecular weight excluding hydrogens is 432 g/mol. The third-order valence-electron chi connectivity index (χ3n) is 8.25. The Bertz CT molecular complexity index is 1440. The zero-order chi connectivity index (χ0) is 21.1. The van der Waals surface area contributed by atoms with E-state index in [0.717, 1.165) is 36.8 Å². The molecule has 0 amide bonds. The molecule has 8 aliphatic rings. The molecule has 2 aromatic rings. The van der Waals surface area contributed by atoms with Gasteiger partial charge in [-0.05, 0) is 47.6 Å². The lowest BCUT2D eigenvalue weighted by atomic mass is 9.66. The maximum Gasteiger partial charge on any atom is 0.198 e. The van der Waals surface area contributed by atoms with Gasteiger partial charge in [-0.15, -0.1) is 0 Å². The number of carbonyl (C=O) groups excluding carboxylic acids is 2. The topological polar surface area (TPSA) is 34.1 Å². The highest BCUT2D eigenvalue weighted by molar-refractivity contribution is 8.12. The first kappa shape index (κ1) is 18.2. The van der Waals surface area contributed by atoms with Gasteiger partial charge >= 0.3 is 0 Å². The van der Waals surface area contributed by atoms with E-state index in [2.05, 4.69) is 48.6 Å². The summed E-state index contributed by atoms with van der Waals surface area (Å²) in [6, 6.07) is 13.2. The van der Waals surface area contributed by atoms with Crippen LogP contribution in [0.2, 0.25) is 0 Å². The zero-order valence-electron chi connectivity index (χ0n) is 17.4. The van der Waals surface area contributed by atoms with Gasteiger partial charge < -0.3 is 0 Å². The monoisotopic (exact) mass is 452 g/mol. The van der Waals surface area contributed by atoms with Crippen molar-refractivity contribution in [2.45, 2.75) is 37.5 Å². The fraction of sp³-hybridized carbons (Fsp3) is 0.286. The summed E-state index contributed by atoms with van der Waals surface area (Å²) in [5.74, 6) is 1.37. The van der Waals surface area contributed by atoms with Gasteiger partial charge in [0, 0.05) is 44.6 Å². The van der Waals surface area contributed by atoms with E-state index in [1.807, 2.05) is 0 Å². The summed E-state index contributed by atoms with van der Waals surface area (Å²) in [5.41, 5.74) is 4.72. The minimum absolute atomic E-state index is 0.134. The Morgan fingerprint density at radius 3 is 1.94 bits per heavy atom. The normalized spacial score (nSPS) is 34.1. The number of allylic oxidation sites excluding steroid dienone is 8. The quantitative estimate of drug-likeness (QED) is 0.327. The van der Waals surface area contributed by atoms with Crippen LogP contribution in [-0.4, -0.2) is 11.6 Å². The molecule has 156 valence electrons. The second kappa shape index (κ2) is 6.18. The first-order chi connectivity index (χ1) is 15.7. The molecule has 4 bridgehead atoms. The predicted molar refractivity (Wildman–Crippen MR) is 130 cm³/mol. The van der Waals surface area contributed by atoms with Crippen molar-refractivity contribution in [1.29, 1.82) is 0 Å². The Morgan fingerprint density at radius 1 is 0.656 bits per heavy atom. The van der Waals surface area contributed by atoms with Crippen molar-refractivity contribution in [1.82, 2.24) is 0 Å². The van der Waals surface area contributed by atoms with Gasteiger partial charge in [0.05, 0.1) is 9.81 Å². The number of hydrogen-bond acceptors (Lipinski definition) is 4. The highest BCUT2D eigenvalue weighted by Crippen LogP contribution is 2.64. The molecular formula is C28H20O2S2. The number of Topliss-reactive ketones (excluding diaryl/α,β-unsaturated/α-hetero) is 2. The molecule has 0 saturated heterocycles. The van der Waals surface area contributed by atoms with Crippen LogP contribution in [0.4, 0.5) is 0 Å². The summed E-state index contributed by atoms with van der Waals surface area (Å²) in [7, 11) is 0. The lowest BCUT2D eigenvalue weighted by Gasteiger charge is -2.38. The molecule has 0 radical (unpaired) electrons. The maximum atomic E-state index is 13.8. The van der Waals surface area contributed by atoms with Crippen LogP contribution >= 0.6 is 23.5 Å². The van der Waals surface area contributed by atoms with Gasteiger partial charge in [0.2, 0.25) is 0 Å². The van der Waals surface area contributed by atoms with Crippen LogP contribution in [0.1, 0.15) is 48.6 Å². The molecule has 32 heavy (non-hydrogen) atoms. The fourth-order valence-electron chi connectivity index (χ4n) is 6.78. The molecule has 4 heteroatoms. The van der Waals surface area contributed by atoms with Crippen molar-refractivity contribution >= 4 is 45.9 Å². The van der Waals surface area contributed by atoms with E-state index in [1.165, 1.54) is 31.7 Å². The number of hydrogen-bond donors (Lipinski definition) is 0. The molecule has 0 spiro atoms. The average Bonchev–Trinajstić information content (AvgIpc) is 3.38. The number of ketones is 2. The summed E-state index contributed by atoms with van der Waals surface area (Å²) in [6.07, 6.45) is 8.82. The molecule has 0 fully saturated rings. The van der Waals surface area contributed by atoms with E-state index in [0.29, 0.717) is 21.6 Å². The number of carbonyl (C=O) groups is 2. The number of rotatable bonds is 0. The van der Waals surface area contributed by atoms with Crippen molar-refractivity contribution in [2.24, 2.45) is 11.8 Å². The van der Waals surface area contributed by atoms with Crippen molar-refractivity contribution in [3.63, 3.8) is 0 Å². The SMILES string of the molecule is O=C1C2=C(S/C1=C1/SC3=C(C1=O)C1CCC3c3cc4ccccc4cc31)C1C=CC2CC1. The molecule has 6 aliphatic carbocycles. The van der Waals surface area contributed by atoms with E-state index in [9.17, 15) is 9.59 Å². The van der Waals surface area contributed by atoms with Crippen LogP contribution in [-0.2, 0) is 9.59 Å². The Balaban J connectivity index is 1.23. The van der Waals surface area contributed by atoms with Gasteiger partial charge in [0.15, 0.2) is 11.6 Å². The maximum absolute atomic E-state index is 13.8. The Morgan fingerprint density at radius 2 is 1.25 bits per heavy atom. The van der Waals surface area contributed by atoms with Crippen molar-refractivity contribution in [3.05, 3.63) is 90.4 Å². The van der Waals surface area contributed by atoms with E-state index in [1.54, 1.807) is 23.5 Å². The van der Waals surface area contributed by atoms with E-state index in [4.69, 9.17) is 0 Å². The standard InChI is InChI=1S/C28H20O2S2/c29-23-21-13-5-7-14(8-6-13)25(21)31-27(23)28-24(30)22-17-9-10-18(26(22)32-28)20-12-16-4-2-1-3-15(16)11-19(17)20/h1-5,7,11-14,17-18H,6,8-10H2/b28-27+. The molecule has 4 atom stereocenters. The molecule has 0 N–H and O–H groups in total. The van der Waals surface area contributed by atoms with E-state index >= 15 is 0 Å². The molecule has 2 aromatic carbocycles. The number of fused-ring (bicyclic) bond motifs is 3. The fourth-order valence-corrected chi connectivity index (χ4v) is 9.68. The van der Waals surface area contributed by atoms with Gasteiger partial charge in [-0.3, -0.25) is 9.59 Å². The zero-order valence-corrected chi connectivity index (χ0v) is 19.0. The molecule has 10 rings (SSSR count). The van der Waals surface area contributed by atoms with Crippen LogP contribution in [0.25, 0.3) is 10.8 Å². The summed E-state index contributed by atoms with van der Waals surface area (Å²) in [6.45, 7) is 0. The van der Waals surface area contributed by atoms with Gasteiger partial charge in [0.25, 0.3) is 0 Å². The van der Waals surface area contributed by atoms with Gasteiger partial charge in [-0.2, -0.15) is 0 Å². The van der Waals surface area contributed by atoms with Crippen molar-refractivity contribution in [2.75, 3.05) is 0 Å². The predicted octanol–water partition coefficient (Wildman–Crippen LogP) is 6.76. The number of benzene rings is 2. The van der Waals surface area contributed by atoms with Crippen LogP contribution in [0, 0.1) is 11.8 Å². The second-order valence-corrected chi connectivity index (χ2v) is 11.9. The van der Waals surface area contributed by atoms with Crippen molar-refractivity contribution < 1.29 is 9.59 Å². The third kappa shape index (κ3) is 2.16. The molecule has 0 saturated carbocycles. The lowest BCUT2D eigenvalue weighted by Crippen LogP contribution is -2.25. The summed E-state index contributed by atoms with van der Waals surface area (Å²) >= 11 is 3.24. The summed E-state index contributed by atoms with van der Waals surface area (Å²) < 4.78 is 0. The molecule has 2 nitrogen and oxygen atoms in total. The minimum atomic E-state index is 0.134. The highest BCUT2D eigenvalue weighted by atomic mass is 32.2. The number of thioether (sulfide) groups is 2. The molecule has 2 heterocycles. The second-order valence-electron chi connectivity index (χ2n) is 9.76. The minimum Gasteiger partial charge on any atom is -0.288 e. The van der Waals surface area contributed by atoms with Crippen LogP contribution in [0.3, 0.4) is 0 Å². The highest BCUT2D eigenvalue weighted by Gasteiger charge is 2.50.